The van der Waals surface area contributed by atoms with Gasteiger partial charge in [0, 0.05) is 55.8 Å². The molecule has 1 aliphatic rings. The number of piperazine rings is 1. The molecule has 4 heterocycles. The zero-order valence-corrected chi connectivity index (χ0v) is 19.3. The van der Waals surface area contributed by atoms with E-state index in [1.807, 2.05) is 30.3 Å². The standard InChI is InChI=1S/C22H24N8O3S/c1-33-19-12-23-14-25-21(19)16-2-3-17-18(11-16)27-22(26-17)28-20-10-15(4-5-24-20)13-29-6-8-30(9-7-29)34(31)32/h2-5,10-12,14H,6-9,13H2,1H3,(H,31,32)(H2,24,26,27,28)/p-1. The van der Waals surface area contributed by atoms with Crippen LogP contribution in [0.4, 0.5) is 11.8 Å². The molecule has 12 heteroatoms. The number of hydrogen-bond donors (Lipinski definition) is 2. The summed E-state index contributed by atoms with van der Waals surface area (Å²) in [4.78, 5) is 22.9. The van der Waals surface area contributed by atoms with Crippen LogP contribution >= 0.6 is 0 Å². The first-order chi connectivity index (χ1) is 16.6. The molecule has 0 bridgehead atoms. The molecule has 1 unspecified atom stereocenters. The minimum absolute atomic E-state index is 0.508. The number of H-pyrrole nitrogens is 1. The maximum Gasteiger partial charge on any atom is 0.206 e. The van der Waals surface area contributed by atoms with E-state index in [1.165, 1.54) is 10.6 Å². The molecule has 1 fully saturated rings. The molecule has 11 nitrogen and oxygen atoms in total. The number of rotatable bonds is 7. The number of nitrogens with one attached hydrogen (secondary N) is 2. The third-order valence-electron chi connectivity index (χ3n) is 5.67. The lowest BCUT2D eigenvalue weighted by atomic mass is 10.1. The van der Waals surface area contributed by atoms with E-state index in [0.717, 1.165) is 28.7 Å². The van der Waals surface area contributed by atoms with E-state index >= 15 is 0 Å². The molecule has 176 valence electrons. The van der Waals surface area contributed by atoms with Gasteiger partial charge in [-0.2, -0.15) is 0 Å². The van der Waals surface area contributed by atoms with E-state index in [9.17, 15) is 8.76 Å². The highest BCUT2D eigenvalue weighted by Crippen LogP contribution is 2.29. The Morgan fingerprint density at radius 3 is 2.82 bits per heavy atom. The van der Waals surface area contributed by atoms with Crippen LogP contribution in [-0.2, 0) is 17.8 Å². The number of pyridine rings is 1. The van der Waals surface area contributed by atoms with Gasteiger partial charge in [-0.3, -0.25) is 9.11 Å². The molecule has 0 radical (unpaired) electrons. The van der Waals surface area contributed by atoms with Crippen LogP contribution in [0.5, 0.6) is 5.75 Å². The molecule has 3 aromatic heterocycles. The van der Waals surface area contributed by atoms with Crippen LogP contribution in [0.2, 0.25) is 0 Å². The molecule has 4 aromatic rings. The van der Waals surface area contributed by atoms with Gasteiger partial charge in [0.1, 0.15) is 17.8 Å². The van der Waals surface area contributed by atoms with E-state index < -0.39 is 11.3 Å². The Morgan fingerprint density at radius 2 is 2.03 bits per heavy atom. The van der Waals surface area contributed by atoms with Gasteiger partial charge in [0.15, 0.2) is 5.75 Å². The van der Waals surface area contributed by atoms with Crippen molar-refractivity contribution in [2.45, 2.75) is 6.54 Å². The van der Waals surface area contributed by atoms with E-state index in [0.29, 0.717) is 49.4 Å². The Labute approximate surface area is 198 Å². The van der Waals surface area contributed by atoms with Gasteiger partial charge in [0.25, 0.3) is 0 Å². The van der Waals surface area contributed by atoms with Crippen LogP contribution in [0.3, 0.4) is 0 Å². The molecular formula is C22H23N8O3S-. The molecule has 0 aliphatic carbocycles. The van der Waals surface area contributed by atoms with Crippen LogP contribution < -0.4 is 10.1 Å². The number of hydrogen-bond acceptors (Lipinski definition) is 9. The van der Waals surface area contributed by atoms with Gasteiger partial charge in [-0.15, -0.1) is 0 Å². The van der Waals surface area contributed by atoms with Crippen molar-refractivity contribution in [1.82, 2.24) is 34.1 Å². The second-order valence-electron chi connectivity index (χ2n) is 7.85. The maximum absolute atomic E-state index is 11.1. The van der Waals surface area contributed by atoms with Crippen LogP contribution in [0.1, 0.15) is 5.56 Å². The highest BCUT2D eigenvalue weighted by atomic mass is 32.2. The van der Waals surface area contributed by atoms with Crippen molar-refractivity contribution in [3.63, 3.8) is 0 Å². The summed E-state index contributed by atoms with van der Waals surface area (Å²) in [5.74, 6) is 1.86. The molecule has 0 saturated carbocycles. The number of anilines is 2. The van der Waals surface area contributed by atoms with Crippen molar-refractivity contribution in [2.75, 3.05) is 38.6 Å². The third kappa shape index (κ3) is 4.89. The van der Waals surface area contributed by atoms with Crippen molar-refractivity contribution in [3.05, 3.63) is 54.6 Å². The van der Waals surface area contributed by atoms with Gasteiger partial charge in [-0.05, 0) is 29.8 Å². The SMILES string of the molecule is COc1cncnc1-c1ccc2nc(Nc3cc(CN4CCN(S(=O)[O-])CC4)ccn3)[nH]c2c1. The van der Waals surface area contributed by atoms with Crippen LogP contribution in [0, 0.1) is 0 Å². The summed E-state index contributed by atoms with van der Waals surface area (Å²) in [7, 11) is 1.59. The van der Waals surface area contributed by atoms with Crippen molar-refractivity contribution in [3.8, 4) is 17.0 Å². The highest BCUT2D eigenvalue weighted by Gasteiger charge is 2.17. The third-order valence-corrected chi connectivity index (χ3v) is 6.46. The summed E-state index contributed by atoms with van der Waals surface area (Å²) in [5.41, 5.74) is 4.35. The Balaban J connectivity index is 1.29. The molecule has 1 saturated heterocycles. The largest absolute Gasteiger partial charge is 0.760 e. The number of aromatic amines is 1. The zero-order valence-electron chi connectivity index (χ0n) is 18.5. The number of ether oxygens (including phenoxy) is 1. The van der Waals surface area contributed by atoms with Crippen molar-refractivity contribution in [2.24, 2.45) is 0 Å². The zero-order chi connectivity index (χ0) is 23.5. The van der Waals surface area contributed by atoms with E-state index in [4.69, 9.17) is 4.74 Å². The average molecular weight is 480 g/mol. The fraction of sp³-hybridized carbons (Fsp3) is 0.273. The quantitative estimate of drug-likeness (QED) is 0.382. The van der Waals surface area contributed by atoms with Crippen molar-refractivity contribution in [1.29, 1.82) is 0 Å². The van der Waals surface area contributed by atoms with Crippen LogP contribution in [-0.4, -0.2) is 76.2 Å². The molecule has 1 aromatic carbocycles. The molecule has 1 atom stereocenters. The summed E-state index contributed by atoms with van der Waals surface area (Å²) >= 11 is -2.15. The van der Waals surface area contributed by atoms with Gasteiger partial charge in [-0.1, -0.05) is 6.07 Å². The second kappa shape index (κ2) is 9.81. The summed E-state index contributed by atoms with van der Waals surface area (Å²) in [6.45, 7) is 3.13. The summed E-state index contributed by atoms with van der Waals surface area (Å²) in [5, 5.41) is 3.24. The molecule has 34 heavy (non-hydrogen) atoms. The van der Waals surface area contributed by atoms with Gasteiger partial charge in [-0.25, -0.2) is 24.2 Å². The lowest BCUT2D eigenvalue weighted by Crippen LogP contribution is -2.46. The smallest absolute Gasteiger partial charge is 0.206 e. The fourth-order valence-electron chi connectivity index (χ4n) is 3.96. The summed E-state index contributed by atoms with van der Waals surface area (Å²) in [6.07, 6.45) is 4.88. The number of fused-ring (bicyclic) bond motifs is 1. The normalized spacial score (nSPS) is 15.9. The van der Waals surface area contributed by atoms with Gasteiger partial charge in [0.05, 0.1) is 24.3 Å². The van der Waals surface area contributed by atoms with Gasteiger partial charge < -0.3 is 19.6 Å². The number of methoxy groups -OCH3 is 1. The monoisotopic (exact) mass is 479 g/mol. The van der Waals surface area contributed by atoms with E-state index in [-0.39, 0.29) is 0 Å². The van der Waals surface area contributed by atoms with E-state index in [1.54, 1.807) is 19.5 Å². The average Bonchev–Trinajstić information content (AvgIpc) is 3.26. The molecule has 2 N–H and O–H groups in total. The lowest BCUT2D eigenvalue weighted by molar-refractivity contribution is 0.179. The van der Waals surface area contributed by atoms with Gasteiger partial charge in [0.2, 0.25) is 5.95 Å². The minimum Gasteiger partial charge on any atom is -0.760 e. The first-order valence-corrected chi connectivity index (χ1v) is 11.7. The van der Waals surface area contributed by atoms with Crippen molar-refractivity contribution < 1.29 is 13.5 Å². The predicted molar refractivity (Wildman–Crippen MR) is 127 cm³/mol. The minimum atomic E-state index is -2.15. The molecule has 0 amide bonds. The van der Waals surface area contributed by atoms with Crippen molar-refractivity contribution >= 4 is 34.1 Å². The first-order valence-electron chi connectivity index (χ1n) is 10.7. The van der Waals surface area contributed by atoms with E-state index in [2.05, 4.69) is 35.1 Å². The van der Waals surface area contributed by atoms with Crippen LogP contribution in [0.15, 0.2) is 49.1 Å². The fourth-order valence-corrected chi connectivity index (χ4v) is 4.42. The Morgan fingerprint density at radius 1 is 1.18 bits per heavy atom. The Kier molecular flexibility index (Phi) is 6.45. The highest BCUT2D eigenvalue weighted by molar-refractivity contribution is 7.76. The summed E-state index contributed by atoms with van der Waals surface area (Å²) in [6, 6.07) is 9.77. The first kappa shape index (κ1) is 22.3. The Bertz CT molecular complexity index is 1320. The van der Waals surface area contributed by atoms with Gasteiger partial charge >= 0.3 is 0 Å². The summed E-state index contributed by atoms with van der Waals surface area (Å²) < 4.78 is 29.0. The number of benzene rings is 1. The number of nitrogens with zero attached hydrogens (tertiary/aromatic N) is 6. The lowest BCUT2D eigenvalue weighted by Gasteiger charge is -2.35. The van der Waals surface area contributed by atoms with Crippen LogP contribution in [0.25, 0.3) is 22.3 Å². The molecular weight excluding hydrogens is 456 g/mol. The molecule has 0 spiro atoms. The topological polar surface area (TPSA) is 135 Å². The predicted octanol–water partition coefficient (Wildman–Crippen LogP) is 2.08. The second-order valence-corrected chi connectivity index (χ2v) is 8.80. The number of imidazole rings is 1. The number of aromatic nitrogens is 5. The Hall–Kier alpha value is -3.45. The molecule has 5 rings (SSSR count). The molecule has 1 aliphatic heterocycles. The maximum atomic E-state index is 11.1.